The molecular weight excluding hydrogens is 379 g/mol. The van der Waals surface area contributed by atoms with Crippen LogP contribution in [0, 0.1) is 0 Å². The zero-order chi connectivity index (χ0) is 21.4. The van der Waals surface area contributed by atoms with Crippen molar-refractivity contribution in [1.82, 2.24) is 10.2 Å². The Morgan fingerprint density at radius 1 is 1.45 bits per heavy atom. The number of benzene rings is 1. The third-order valence-corrected chi connectivity index (χ3v) is 5.08. The molecule has 0 aliphatic carbocycles. The van der Waals surface area contributed by atoms with E-state index in [4.69, 9.17) is 10.5 Å². The van der Waals surface area contributed by atoms with Crippen LogP contribution in [0.5, 0.6) is 0 Å². The van der Waals surface area contributed by atoms with Gasteiger partial charge in [0, 0.05) is 19.0 Å². The van der Waals surface area contributed by atoms with Gasteiger partial charge in [-0.25, -0.2) is 9.38 Å². The van der Waals surface area contributed by atoms with Gasteiger partial charge in [0.25, 0.3) is 0 Å². The minimum absolute atomic E-state index is 0.158. The molecule has 0 radical (unpaired) electrons. The highest BCUT2D eigenvalue weighted by atomic mass is 19.1. The van der Waals surface area contributed by atoms with Crippen LogP contribution in [0.4, 0.5) is 10.1 Å². The average Bonchev–Trinajstić information content (AvgIpc) is 2.70. The monoisotopic (exact) mass is 410 g/mol. The molecule has 0 spiro atoms. The number of aliphatic hydroxyl groups excluding tert-OH is 2. The van der Waals surface area contributed by atoms with Crippen molar-refractivity contribution in [2.24, 2.45) is 10.7 Å². The van der Waals surface area contributed by atoms with Crippen LogP contribution in [0.3, 0.4) is 0 Å². The Labute approximate surface area is 170 Å². The molecule has 1 aliphatic rings. The summed E-state index contributed by atoms with van der Waals surface area (Å²) in [7, 11) is 1.78. The fourth-order valence-electron chi connectivity index (χ4n) is 3.46. The van der Waals surface area contributed by atoms with Gasteiger partial charge in [-0.15, -0.1) is 0 Å². The van der Waals surface area contributed by atoms with Gasteiger partial charge >= 0.3 is 0 Å². The molecule has 1 heterocycles. The highest BCUT2D eigenvalue weighted by molar-refractivity contribution is 5.76. The molecule has 1 aliphatic heterocycles. The van der Waals surface area contributed by atoms with Gasteiger partial charge in [0.15, 0.2) is 6.29 Å². The minimum Gasteiger partial charge on any atom is -0.390 e. The molecule has 1 saturated heterocycles. The van der Waals surface area contributed by atoms with Gasteiger partial charge in [0.1, 0.15) is 12.8 Å². The van der Waals surface area contributed by atoms with Crippen LogP contribution in [0.2, 0.25) is 0 Å². The summed E-state index contributed by atoms with van der Waals surface area (Å²) < 4.78 is 18.6. The van der Waals surface area contributed by atoms with Crippen molar-refractivity contribution in [2.75, 3.05) is 20.3 Å². The maximum absolute atomic E-state index is 13.4. The number of aliphatic hydroxyl groups is 2. The van der Waals surface area contributed by atoms with E-state index in [2.05, 4.69) is 10.3 Å². The number of ether oxygens (including phenoxy) is 1. The molecule has 2 rings (SSSR count). The maximum atomic E-state index is 13.4. The Hall–Kier alpha value is -2.07. The summed E-state index contributed by atoms with van der Waals surface area (Å²) in [4.78, 5) is 18.0. The van der Waals surface area contributed by atoms with E-state index in [-0.39, 0.29) is 24.5 Å². The van der Waals surface area contributed by atoms with Crippen LogP contribution in [0.25, 0.3) is 0 Å². The van der Waals surface area contributed by atoms with E-state index >= 15 is 0 Å². The van der Waals surface area contributed by atoms with Gasteiger partial charge in [0.05, 0.1) is 24.2 Å². The first kappa shape index (κ1) is 23.2. The second kappa shape index (κ2) is 11.2. The summed E-state index contributed by atoms with van der Waals surface area (Å²) in [6.07, 6.45) is -0.182. The van der Waals surface area contributed by atoms with Crippen molar-refractivity contribution in [2.45, 2.75) is 56.8 Å². The van der Waals surface area contributed by atoms with Gasteiger partial charge in [0.2, 0.25) is 5.91 Å². The van der Waals surface area contributed by atoms with Crippen molar-refractivity contribution in [3.8, 4) is 0 Å². The molecule has 5 atom stereocenters. The molecular formula is C20H31FN4O4. The van der Waals surface area contributed by atoms with Crippen molar-refractivity contribution in [3.63, 3.8) is 0 Å². The normalized spacial score (nSPS) is 26.0. The van der Waals surface area contributed by atoms with Gasteiger partial charge in [-0.05, 0) is 44.5 Å². The number of nitrogens with one attached hydrogen (secondary N) is 1. The Balaban J connectivity index is 1.81. The largest absolute Gasteiger partial charge is 0.390 e. The molecule has 1 amide bonds. The molecule has 1 aromatic carbocycles. The molecule has 8 nitrogen and oxygen atoms in total. The first-order valence-electron chi connectivity index (χ1n) is 9.74. The molecule has 162 valence electrons. The number of hydrogen-bond donors (Lipinski definition) is 4. The molecule has 9 heteroatoms. The van der Waals surface area contributed by atoms with E-state index in [0.717, 1.165) is 5.56 Å². The van der Waals surface area contributed by atoms with E-state index in [0.29, 0.717) is 25.1 Å². The number of hydrogen-bond acceptors (Lipinski definition) is 6. The van der Waals surface area contributed by atoms with Gasteiger partial charge < -0.3 is 30.9 Å². The number of carbonyl (C=O) groups is 1. The number of aliphatic imine (C=N–C) groups is 1. The summed E-state index contributed by atoms with van der Waals surface area (Å²) in [5.41, 5.74) is 6.84. The zero-order valence-corrected chi connectivity index (χ0v) is 16.9. The lowest BCUT2D eigenvalue weighted by Gasteiger charge is -2.40. The number of alkyl halides is 1. The average molecular weight is 410 g/mol. The van der Waals surface area contributed by atoms with Crippen molar-refractivity contribution in [1.29, 1.82) is 0 Å². The predicted octanol–water partition coefficient (Wildman–Crippen LogP) is 0.481. The van der Waals surface area contributed by atoms with E-state index in [9.17, 15) is 19.4 Å². The second-order valence-electron chi connectivity index (χ2n) is 7.43. The minimum atomic E-state index is -1.24. The zero-order valence-electron chi connectivity index (χ0n) is 16.9. The van der Waals surface area contributed by atoms with Crippen LogP contribution in [0.1, 0.15) is 25.3 Å². The molecule has 1 fully saturated rings. The Morgan fingerprint density at radius 3 is 2.76 bits per heavy atom. The predicted molar refractivity (Wildman–Crippen MR) is 109 cm³/mol. The Morgan fingerprint density at radius 2 is 2.14 bits per heavy atom. The second-order valence-corrected chi connectivity index (χ2v) is 7.43. The van der Waals surface area contributed by atoms with Crippen LogP contribution in [-0.2, 0) is 16.0 Å². The highest BCUT2D eigenvalue weighted by Gasteiger charge is 2.37. The molecule has 0 bridgehead atoms. The summed E-state index contributed by atoms with van der Waals surface area (Å²) in [6.45, 7) is 1.52. The number of amides is 1. The molecule has 29 heavy (non-hydrogen) atoms. The lowest BCUT2D eigenvalue weighted by atomic mass is 9.99. The SMILES string of the molecule is C[C@@H]1C[C@H](N(C)CCC(=O)NC(CF)Cc2ccc(N=CN)cc2)C(O)[C@H](O)O1. The van der Waals surface area contributed by atoms with E-state index in [1.54, 1.807) is 19.2 Å². The quantitative estimate of drug-likeness (QED) is 0.347. The standard InChI is InChI=1S/C20H31FN4O4/c1-13-9-17(19(27)20(28)29-13)25(2)8-7-18(26)24-16(11-21)10-14-3-5-15(6-4-14)23-12-22/h3-6,12-13,16-17,19-20,27-28H,7-11H2,1-2H3,(H2,22,23)(H,24,26)/t13-,16?,17+,19?,20-/m1/s1. The van der Waals surface area contributed by atoms with Crippen LogP contribution in [0.15, 0.2) is 29.3 Å². The smallest absolute Gasteiger partial charge is 0.221 e. The van der Waals surface area contributed by atoms with Gasteiger partial charge in [-0.2, -0.15) is 0 Å². The van der Waals surface area contributed by atoms with Crippen molar-refractivity contribution < 1.29 is 24.1 Å². The number of carbonyl (C=O) groups excluding carboxylic acids is 1. The molecule has 0 aromatic heterocycles. The Bertz CT molecular complexity index is 673. The van der Waals surface area contributed by atoms with Gasteiger partial charge in [-0.1, -0.05) is 12.1 Å². The summed E-state index contributed by atoms with van der Waals surface area (Å²) in [5.74, 6) is -0.265. The number of likely N-dealkylation sites (N-methyl/N-ethyl adjacent to an activating group) is 1. The molecule has 5 N–H and O–H groups in total. The first-order valence-corrected chi connectivity index (χ1v) is 9.74. The molecule has 0 saturated carbocycles. The third kappa shape index (κ3) is 7.04. The fourth-order valence-corrected chi connectivity index (χ4v) is 3.46. The lowest BCUT2D eigenvalue weighted by Crippen LogP contribution is -2.54. The number of rotatable bonds is 9. The highest BCUT2D eigenvalue weighted by Crippen LogP contribution is 2.22. The number of halogens is 1. The van der Waals surface area contributed by atoms with E-state index in [1.807, 2.05) is 24.0 Å². The summed E-state index contributed by atoms with van der Waals surface area (Å²) >= 11 is 0. The van der Waals surface area contributed by atoms with Crippen molar-refractivity contribution >= 4 is 17.9 Å². The third-order valence-electron chi connectivity index (χ3n) is 5.08. The molecule has 2 unspecified atom stereocenters. The van der Waals surface area contributed by atoms with E-state index in [1.165, 1.54) is 6.34 Å². The number of nitrogens with two attached hydrogens (primary N) is 1. The summed E-state index contributed by atoms with van der Waals surface area (Å²) in [5, 5.41) is 22.6. The van der Waals surface area contributed by atoms with Crippen LogP contribution >= 0.6 is 0 Å². The number of nitrogens with zero attached hydrogens (tertiary/aromatic N) is 2. The molecule has 1 aromatic rings. The van der Waals surface area contributed by atoms with Crippen LogP contribution in [-0.4, -0.2) is 78.2 Å². The van der Waals surface area contributed by atoms with Gasteiger partial charge in [-0.3, -0.25) is 4.79 Å². The maximum Gasteiger partial charge on any atom is 0.221 e. The fraction of sp³-hybridized carbons (Fsp3) is 0.600. The van der Waals surface area contributed by atoms with E-state index < -0.39 is 25.1 Å². The van der Waals surface area contributed by atoms with Crippen molar-refractivity contribution in [3.05, 3.63) is 29.8 Å². The first-order chi connectivity index (χ1) is 13.8. The summed E-state index contributed by atoms with van der Waals surface area (Å²) in [6, 6.07) is 6.27. The van der Waals surface area contributed by atoms with Crippen LogP contribution < -0.4 is 11.1 Å². The lowest BCUT2D eigenvalue weighted by molar-refractivity contribution is -0.231. The topological polar surface area (TPSA) is 120 Å². The Kier molecular flexibility index (Phi) is 8.97.